The quantitative estimate of drug-likeness (QED) is 0.807. The first-order valence-electron chi connectivity index (χ1n) is 7.11. The first-order valence-corrected chi connectivity index (χ1v) is 7.11. The van der Waals surface area contributed by atoms with Crippen LogP contribution < -0.4 is 5.32 Å². The molecule has 4 heteroatoms. The summed E-state index contributed by atoms with van der Waals surface area (Å²) < 4.78 is 0. The number of aliphatic carboxylic acids is 1. The maximum absolute atomic E-state index is 12.1. The van der Waals surface area contributed by atoms with Crippen LogP contribution >= 0.6 is 0 Å². The van der Waals surface area contributed by atoms with Crippen molar-refractivity contribution in [2.45, 2.75) is 57.9 Å². The van der Waals surface area contributed by atoms with E-state index in [0.29, 0.717) is 18.8 Å². The van der Waals surface area contributed by atoms with Crippen molar-refractivity contribution in [1.29, 1.82) is 0 Å². The Morgan fingerprint density at radius 3 is 2.28 bits per heavy atom. The topological polar surface area (TPSA) is 66.4 Å². The standard InChI is InChI=1S/C14H23NO3/c1-9(10-4-2-3-5-10)15-13(16)11-6-7-12(8-11)14(17)18/h9-12H,2-8H2,1H3,(H,15,16)(H,17,18). The van der Waals surface area contributed by atoms with Gasteiger partial charge in [-0.05, 0) is 44.9 Å². The minimum absolute atomic E-state index is 0.0677. The molecule has 2 saturated carbocycles. The Labute approximate surface area is 108 Å². The number of hydrogen-bond acceptors (Lipinski definition) is 2. The van der Waals surface area contributed by atoms with Crippen LogP contribution in [-0.2, 0) is 9.59 Å². The lowest BCUT2D eigenvalue weighted by Gasteiger charge is -2.22. The number of rotatable bonds is 4. The molecule has 1 amide bonds. The van der Waals surface area contributed by atoms with Crippen LogP contribution in [0.15, 0.2) is 0 Å². The van der Waals surface area contributed by atoms with E-state index in [9.17, 15) is 9.59 Å². The highest BCUT2D eigenvalue weighted by Gasteiger charge is 2.34. The summed E-state index contributed by atoms with van der Waals surface area (Å²) in [5.41, 5.74) is 0. The fraction of sp³-hybridized carbons (Fsp3) is 0.857. The zero-order valence-electron chi connectivity index (χ0n) is 11.0. The molecule has 0 saturated heterocycles. The van der Waals surface area contributed by atoms with Crippen LogP contribution in [0, 0.1) is 17.8 Å². The van der Waals surface area contributed by atoms with Gasteiger partial charge in [-0.15, -0.1) is 0 Å². The molecule has 0 aromatic carbocycles. The molecule has 0 aliphatic heterocycles. The van der Waals surface area contributed by atoms with E-state index in [1.54, 1.807) is 0 Å². The third kappa shape index (κ3) is 3.03. The van der Waals surface area contributed by atoms with Gasteiger partial charge in [0.2, 0.25) is 5.91 Å². The Bertz CT molecular complexity index is 323. The molecule has 4 nitrogen and oxygen atoms in total. The van der Waals surface area contributed by atoms with Crippen LogP contribution in [0.2, 0.25) is 0 Å². The predicted octanol–water partition coefficient (Wildman–Crippen LogP) is 2.18. The van der Waals surface area contributed by atoms with Crippen LogP contribution in [-0.4, -0.2) is 23.0 Å². The average Bonchev–Trinajstić information content (AvgIpc) is 3.00. The summed E-state index contributed by atoms with van der Waals surface area (Å²) in [5, 5.41) is 12.0. The monoisotopic (exact) mass is 253 g/mol. The molecule has 0 aromatic heterocycles. The van der Waals surface area contributed by atoms with E-state index in [1.807, 2.05) is 0 Å². The molecule has 102 valence electrons. The van der Waals surface area contributed by atoms with Gasteiger partial charge in [-0.2, -0.15) is 0 Å². The number of carboxylic acids is 1. The summed E-state index contributed by atoms with van der Waals surface area (Å²) in [6, 6.07) is 0.240. The van der Waals surface area contributed by atoms with E-state index in [2.05, 4.69) is 12.2 Å². The van der Waals surface area contributed by atoms with Gasteiger partial charge in [0, 0.05) is 12.0 Å². The van der Waals surface area contributed by atoms with Crippen LogP contribution in [0.1, 0.15) is 51.9 Å². The van der Waals surface area contributed by atoms with Crippen molar-refractivity contribution in [1.82, 2.24) is 5.32 Å². The summed E-state index contributed by atoms with van der Waals surface area (Å²) in [5.74, 6) is -0.476. The number of amides is 1. The average molecular weight is 253 g/mol. The van der Waals surface area contributed by atoms with Gasteiger partial charge in [-0.1, -0.05) is 12.8 Å². The maximum Gasteiger partial charge on any atom is 0.306 e. The van der Waals surface area contributed by atoms with Crippen LogP contribution in [0.25, 0.3) is 0 Å². The minimum Gasteiger partial charge on any atom is -0.481 e. The van der Waals surface area contributed by atoms with Crippen molar-refractivity contribution < 1.29 is 14.7 Å². The lowest BCUT2D eigenvalue weighted by molar-refractivity contribution is -0.141. The summed E-state index contributed by atoms with van der Waals surface area (Å²) in [7, 11) is 0. The van der Waals surface area contributed by atoms with Gasteiger partial charge in [0.1, 0.15) is 0 Å². The fourth-order valence-electron chi connectivity index (χ4n) is 3.36. The molecule has 3 atom stereocenters. The van der Waals surface area contributed by atoms with Gasteiger partial charge in [-0.3, -0.25) is 9.59 Å². The Balaban J connectivity index is 1.79. The van der Waals surface area contributed by atoms with Gasteiger partial charge in [0.05, 0.1) is 5.92 Å². The van der Waals surface area contributed by atoms with E-state index < -0.39 is 5.97 Å². The number of carbonyl (C=O) groups excluding carboxylic acids is 1. The molecular weight excluding hydrogens is 230 g/mol. The molecule has 2 aliphatic rings. The van der Waals surface area contributed by atoms with Crippen molar-refractivity contribution in [2.75, 3.05) is 0 Å². The van der Waals surface area contributed by atoms with E-state index in [1.165, 1.54) is 25.7 Å². The van der Waals surface area contributed by atoms with Crippen molar-refractivity contribution in [3.63, 3.8) is 0 Å². The summed E-state index contributed by atoms with van der Waals surface area (Å²) in [6.45, 7) is 2.08. The van der Waals surface area contributed by atoms with Crippen LogP contribution in [0.3, 0.4) is 0 Å². The number of carbonyl (C=O) groups is 2. The first kappa shape index (κ1) is 13.4. The van der Waals surface area contributed by atoms with Gasteiger partial charge >= 0.3 is 5.97 Å². The molecule has 0 radical (unpaired) electrons. The molecule has 2 aliphatic carbocycles. The van der Waals surface area contributed by atoms with Crippen molar-refractivity contribution in [2.24, 2.45) is 17.8 Å². The van der Waals surface area contributed by atoms with E-state index in [-0.39, 0.29) is 23.8 Å². The zero-order valence-corrected chi connectivity index (χ0v) is 11.0. The third-order valence-electron chi connectivity index (χ3n) is 4.63. The normalized spacial score (nSPS) is 30.3. The van der Waals surface area contributed by atoms with Gasteiger partial charge < -0.3 is 10.4 Å². The second-order valence-electron chi connectivity index (χ2n) is 5.89. The highest BCUT2D eigenvalue weighted by atomic mass is 16.4. The number of carboxylic acid groups (broad SMARTS) is 1. The molecule has 0 heterocycles. The van der Waals surface area contributed by atoms with Crippen molar-refractivity contribution >= 4 is 11.9 Å². The predicted molar refractivity (Wildman–Crippen MR) is 68.0 cm³/mol. The van der Waals surface area contributed by atoms with Crippen molar-refractivity contribution in [3.05, 3.63) is 0 Å². The lowest BCUT2D eigenvalue weighted by Crippen LogP contribution is -2.40. The second kappa shape index (κ2) is 5.72. The van der Waals surface area contributed by atoms with E-state index >= 15 is 0 Å². The molecule has 3 unspecified atom stereocenters. The summed E-state index contributed by atoms with van der Waals surface area (Å²) in [4.78, 5) is 22.9. The largest absolute Gasteiger partial charge is 0.481 e. The SMILES string of the molecule is CC(NC(=O)C1CCC(C(=O)O)C1)C1CCCC1. The van der Waals surface area contributed by atoms with Crippen LogP contribution in [0.4, 0.5) is 0 Å². The van der Waals surface area contributed by atoms with Crippen molar-refractivity contribution in [3.8, 4) is 0 Å². The van der Waals surface area contributed by atoms with E-state index in [0.717, 1.165) is 6.42 Å². The smallest absolute Gasteiger partial charge is 0.306 e. The molecule has 0 aromatic rings. The highest BCUT2D eigenvalue weighted by Crippen LogP contribution is 2.32. The molecule has 2 N–H and O–H groups in total. The maximum atomic E-state index is 12.1. The molecule has 18 heavy (non-hydrogen) atoms. The highest BCUT2D eigenvalue weighted by molar-refractivity contribution is 5.81. The van der Waals surface area contributed by atoms with E-state index in [4.69, 9.17) is 5.11 Å². The number of hydrogen-bond donors (Lipinski definition) is 2. The molecular formula is C14H23NO3. The first-order chi connectivity index (χ1) is 8.58. The zero-order chi connectivity index (χ0) is 13.1. The Kier molecular flexibility index (Phi) is 4.25. The number of nitrogens with one attached hydrogen (secondary N) is 1. The summed E-state index contributed by atoms with van der Waals surface area (Å²) in [6.07, 6.45) is 6.85. The Hall–Kier alpha value is -1.06. The Morgan fingerprint density at radius 2 is 1.72 bits per heavy atom. The molecule has 0 spiro atoms. The van der Waals surface area contributed by atoms with Gasteiger partial charge in [0.25, 0.3) is 0 Å². The molecule has 2 fully saturated rings. The Morgan fingerprint density at radius 1 is 1.11 bits per heavy atom. The van der Waals surface area contributed by atoms with Crippen LogP contribution in [0.5, 0.6) is 0 Å². The molecule has 2 rings (SSSR count). The lowest BCUT2D eigenvalue weighted by atomic mass is 9.98. The third-order valence-corrected chi connectivity index (χ3v) is 4.63. The summed E-state index contributed by atoms with van der Waals surface area (Å²) >= 11 is 0. The fourth-order valence-corrected chi connectivity index (χ4v) is 3.36. The second-order valence-corrected chi connectivity index (χ2v) is 5.89. The minimum atomic E-state index is -0.755. The van der Waals surface area contributed by atoms with Gasteiger partial charge in [0.15, 0.2) is 0 Å². The van der Waals surface area contributed by atoms with Gasteiger partial charge in [-0.25, -0.2) is 0 Å². The molecule has 0 bridgehead atoms.